The Morgan fingerprint density at radius 3 is 2.26 bits per heavy atom. The minimum absolute atomic E-state index is 0.0590. The molecular weight excluding hydrogens is 888 g/mol. The van der Waals surface area contributed by atoms with E-state index in [0.29, 0.717) is 38.0 Å². The van der Waals surface area contributed by atoms with Gasteiger partial charge >= 0.3 is 33.3 Å². The van der Waals surface area contributed by atoms with Crippen LogP contribution in [0.3, 0.4) is 0 Å². The molecule has 0 bridgehead atoms. The summed E-state index contributed by atoms with van der Waals surface area (Å²) in [4.78, 5) is 61.5. The number of unbranched alkanes of at least 4 members (excludes halogenated alkanes) is 9. The first-order chi connectivity index (χ1) is 30.9. The highest BCUT2D eigenvalue weighted by atomic mass is 31.3. The van der Waals surface area contributed by atoms with E-state index < -0.39 is 89.8 Å². The molecule has 1 aromatic heterocycles. The van der Waals surface area contributed by atoms with Crippen molar-refractivity contribution in [1.82, 2.24) is 9.55 Å². The zero-order chi connectivity index (χ0) is 48.1. The van der Waals surface area contributed by atoms with Gasteiger partial charge in [0.15, 0.2) is 12.3 Å². The van der Waals surface area contributed by atoms with E-state index in [0.717, 1.165) is 55.7 Å². The molecule has 0 aromatic carbocycles. The number of esters is 2. The molecule has 21 heteroatoms. The van der Waals surface area contributed by atoms with Crippen molar-refractivity contribution in [2.24, 2.45) is 5.92 Å². The highest BCUT2D eigenvalue weighted by molar-refractivity contribution is 7.61. The van der Waals surface area contributed by atoms with Crippen molar-refractivity contribution in [2.45, 2.75) is 167 Å². The van der Waals surface area contributed by atoms with Crippen molar-refractivity contribution in [2.75, 3.05) is 25.6 Å². The third kappa shape index (κ3) is 26.6. The number of nitrogen functional groups attached to an aromatic ring is 1. The molecule has 65 heavy (non-hydrogen) atoms. The van der Waals surface area contributed by atoms with Gasteiger partial charge in [-0.15, -0.1) is 0 Å². The first-order valence-corrected chi connectivity index (χ1v) is 25.6. The molecule has 0 saturated carbocycles. The largest absolute Gasteiger partial charge is 0.481 e. The normalized spacial score (nSPS) is 20.8. The lowest BCUT2D eigenvalue weighted by Gasteiger charge is -2.21. The summed E-state index contributed by atoms with van der Waals surface area (Å²) < 4.78 is 56.4. The molecule has 0 radical (unpaired) electrons. The number of phosphoric ester groups is 2. The Morgan fingerprint density at radius 2 is 1.54 bits per heavy atom. The fourth-order valence-electron chi connectivity index (χ4n) is 6.34. The van der Waals surface area contributed by atoms with Crippen LogP contribution in [0.25, 0.3) is 0 Å². The molecule has 2 rings (SSSR count). The average molecular weight is 962 g/mol. The topological polar surface area (TPSA) is 286 Å². The molecule has 1 aliphatic rings. The van der Waals surface area contributed by atoms with Gasteiger partial charge in [0.1, 0.15) is 30.7 Å². The van der Waals surface area contributed by atoms with Crippen molar-refractivity contribution >= 4 is 33.4 Å². The lowest BCUT2D eigenvalue weighted by atomic mass is 10.0. The maximum absolute atomic E-state index is 12.8. The zero-order valence-electron chi connectivity index (χ0n) is 38.1. The summed E-state index contributed by atoms with van der Waals surface area (Å²) in [5, 5.41) is 30.9. The molecule has 1 fully saturated rings. The molecule has 0 amide bonds. The highest BCUT2D eigenvalue weighted by Gasteiger charge is 2.46. The Kier molecular flexibility index (Phi) is 28.8. The molecule has 1 aliphatic heterocycles. The van der Waals surface area contributed by atoms with E-state index in [1.807, 2.05) is 30.4 Å². The van der Waals surface area contributed by atoms with Crippen molar-refractivity contribution in [3.8, 4) is 0 Å². The summed E-state index contributed by atoms with van der Waals surface area (Å²) in [7, 11) is -10.9. The fraction of sp³-hybridized carbons (Fsp3) is 0.682. The van der Waals surface area contributed by atoms with Gasteiger partial charge in [0.2, 0.25) is 0 Å². The van der Waals surface area contributed by atoms with Crippen LogP contribution in [0, 0.1) is 5.92 Å². The number of carbonyl (C=O) groups excluding carboxylic acids is 2. The second-order valence-electron chi connectivity index (χ2n) is 16.2. The number of rotatable bonds is 35. The predicted octanol–water partition coefficient (Wildman–Crippen LogP) is 7.04. The van der Waals surface area contributed by atoms with Crippen LogP contribution in [-0.4, -0.2) is 96.9 Å². The van der Waals surface area contributed by atoms with Gasteiger partial charge in [0.25, 0.3) is 0 Å². The van der Waals surface area contributed by atoms with E-state index in [-0.39, 0.29) is 18.7 Å². The monoisotopic (exact) mass is 961 g/mol. The SMILES string of the molecule is CCCCC/C=C\C[C@H](O)/C=C/C=C\C/C=C\CCCC(=O)O[C@H](COC(=O)CCCCCCCCC(C)C)COP(=O)(O)OP(=O)(O)OC[C@H]1O[C@@H](n2ccc(N)nc2=O)[C@H](O)[C@@H]1O. The summed E-state index contributed by atoms with van der Waals surface area (Å²) in [6.07, 6.45) is 21.5. The van der Waals surface area contributed by atoms with Gasteiger partial charge in [0, 0.05) is 19.0 Å². The lowest BCUT2D eigenvalue weighted by Crippen LogP contribution is -2.36. The van der Waals surface area contributed by atoms with E-state index in [1.165, 1.54) is 25.3 Å². The number of anilines is 1. The highest BCUT2D eigenvalue weighted by Crippen LogP contribution is 2.60. The number of hydrogen-bond acceptors (Lipinski definition) is 16. The summed E-state index contributed by atoms with van der Waals surface area (Å²) in [5.41, 5.74) is 4.56. The fourth-order valence-corrected chi connectivity index (χ4v) is 8.45. The van der Waals surface area contributed by atoms with E-state index in [1.54, 1.807) is 12.2 Å². The second-order valence-corrected chi connectivity index (χ2v) is 19.3. The Morgan fingerprint density at radius 1 is 0.862 bits per heavy atom. The van der Waals surface area contributed by atoms with Gasteiger partial charge in [-0.3, -0.25) is 23.2 Å². The minimum Gasteiger partial charge on any atom is -0.462 e. The molecule has 1 aromatic rings. The third-order valence-electron chi connectivity index (χ3n) is 9.93. The number of nitrogens with two attached hydrogens (primary N) is 1. The summed E-state index contributed by atoms with van der Waals surface area (Å²) in [6, 6.07) is 1.24. The first kappa shape index (κ1) is 57.8. The Balaban J connectivity index is 1.88. The summed E-state index contributed by atoms with van der Waals surface area (Å²) >= 11 is 0. The predicted molar refractivity (Wildman–Crippen MR) is 244 cm³/mol. The van der Waals surface area contributed by atoms with Gasteiger partial charge in [-0.05, 0) is 56.9 Å². The number of allylic oxidation sites excluding steroid dienone is 6. The number of phosphoric acid groups is 2. The number of aliphatic hydroxyl groups excluding tert-OH is 3. The van der Waals surface area contributed by atoms with Crippen LogP contribution in [0.2, 0.25) is 0 Å². The quantitative estimate of drug-likeness (QED) is 0.0131. The summed E-state index contributed by atoms with van der Waals surface area (Å²) in [6.45, 7) is 4.14. The van der Waals surface area contributed by atoms with Gasteiger partial charge < -0.3 is 45.1 Å². The van der Waals surface area contributed by atoms with Crippen LogP contribution in [0.5, 0.6) is 0 Å². The molecule has 8 atom stereocenters. The molecule has 0 spiro atoms. The molecule has 370 valence electrons. The molecule has 2 unspecified atom stereocenters. The zero-order valence-corrected chi connectivity index (χ0v) is 39.8. The number of aromatic nitrogens is 2. The standard InChI is InChI=1S/C44H73N3O16P2/c1-4-5-6-7-15-20-25-35(48)26-21-16-10-8-9-11-18-23-28-40(50)61-36(31-58-39(49)27-22-17-13-12-14-19-24-34(2)3)32-59-64(54,55)63-65(56,57)60-33-37-41(51)42(52)43(62-37)47-30-29-38(45)46-44(47)53/h9-11,15-16,20-21,26,29-30,34-37,41-43,48,51-52H,4-8,12-14,17-19,22-25,27-28,31-33H2,1-3H3,(H,54,55)(H,56,57)(H2,45,46,53)/b11-9-,16-10-,20-15-,26-21+/t35-,36+,37+,41+,42+,43+/m0/s1. The van der Waals surface area contributed by atoms with Gasteiger partial charge in [-0.25, -0.2) is 13.9 Å². The minimum atomic E-state index is -5.44. The van der Waals surface area contributed by atoms with Crippen LogP contribution in [0.15, 0.2) is 65.7 Å². The van der Waals surface area contributed by atoms with Crippen molar-refractivity contribution in [1.29, 1.82) is 0 Å². The third-order valence-corrected chi connectivity index (χ3v) is 12.5. The van der Waals surface area contributed by atoms with Crippen LogP contribution in [0.4, 0.5) is 5.82 Å². The van der Waals surface area contributed by atoms with Crippen LogP contribution in [-0.2, 0) is 46.3 Å². The Bertz CT molecular complexity index is 1800. The van der Waals surface area contributed by atoms with Crippen LogP contribution in [0.1, 0.15) is 136 Å². The van der Waals surface area contributed by atoms with Crippen molar-refractivity contribution in [3.05, 3.63) is 71.4 Å². The first-order valence-electron chi connectivity index (χ1n) is 22.6. The van der Waals surface area contributed by atoms with Crippen LogP contribution < -0.4 is 11.4 Å². The summed E-state index contributed by atoms with van der Waals surface area (Å²) in [5.74, 6) is -0.757. The van der Waals surface area contributed by atoms with Gasteiger partial charge in [-0.1, -0.05) is 121 Å². The number of hydrogen-bond donors (Lipinski definition) is 6. The second kappa shape index (κ2) is 32.4. The number of nitrogens with zero attached hydrogens (tertiary/aromatic N) is 2. The smallest absolute Gasteiger partial charge is 0.462 e. The van der Waals surface area contributed by atoms with Crippen molar-refractivity contribution in [3.63, 3.8) is 0 Å². The lowest BCUT2D eigenvalue weighted by molar-refractivity contribution is -0.161. The van der Waals surface area contributed by atoms with E-state index in [9.17, 15) is 48.6 Å². The number of aliphatic hydroxyl groups is 3. The number of ether oxygens (including phenoxy) is 3. The molecule has 7 N–H and O–H groups in total. The molecular formula is C44H73N3O16P2. The maximum atomic E-state index is 12.8. The molecule has 19 nitrogen and oxygen atoms in total. The Labute approximate surface area is 382 Å². The van der Waals surface area contributed by atoms with Gasteiger partial charge in [-0.2, -0.15) is 9.29 Å². The Hall–Kier alpha value is -3.32. The number of carbonyl (C=O) groups is 2. The molecule has 0 aliphatic carbocycles. The van der Waals surface area contributed by atoms with E-state index in [2.05, 4.69) is 36.1 Å². The average Bonchev–Trinajstić information content (AvgIpc) is 3.52. The molecule has 2 heterocycles. The van der Waals surface area contributed by atoms with Crippen molar-refractivity contribution < 1.29 is 71.4 Å². The van der Waals surface area contributed by atoms with E-state index >= 15 is 0 Å². The van der Waals surface area contributed by atoms with E-state index in [4.69, 9.17) is 29.0 Å². The maximum Gasteiger partial charge on any atom is 0.481 e. The van der Waals surface area contributed by atoms with Gasteiger partial charge in [0.05, 0.1) is 19.3 Å². The molecule has 1 saturated heterocycles. The van der Waals surface area contributed by atoms with Crippen LogP contribution >= 0.6 is 15.6 Å².